The molecule has 1 rings (SSSR count). The molecule has 1 fully saturated rings. The second kappa shape index (κ2) is 6.05. The van der Waals surface area contributed by atoms with Crippen LogP contribution in [-0.2, 0) is 0 Å². The topological polar surface area (TPSA) is 12.0 Å². The molecule has 0 amide bonds. The molecule has 10 heavy (non-hydrogen) atoms. The van der Waals surface area contributed by atoms with Crippen LogP contribution >= 0.6 is 11.8 Å². The highest BCUT2D eigenvalue weighted by Gasteiger charge is 2.17. The molecule has 1 saturated heterocycles. The monoisotopic (exact) mass is 161 g/mol. The maximum atomic E-state index is 3.44. The average Bonchev–Trinajstić information content (AvgIpc) is 1.84. The Balaban J connectivity index is 0.000000371. The lowest BCUT2D eigenvalue weighted by Crippen LogP contribution is -2.37. The molecule has 0 bridgehead atoms. The van der Waals surface area contributed by atoms with E-state index in [0.29, 0.717) is 6.04 Å². The van der Waals surface area contributed by atoms with Gasteiger partial charge in [0.05, 0.1) is 5.37 Å². The quantitative estimate of drug-likeness (QED) is 0.667. The lowest BCUT2D eigenvalue weighted by Gasteiger charge is -2.27. The number of hydrogen-bond donors (Lipinski definition) is 1. The van der Waals surface area contributed by atoms with E-state index >= 15 is 0 Å². The molecule has 1 aliphatic rings. The van der Waals surface area contributed by atoms with Gasteiger partial charge in [0, 0.05) is 6.04 Å². The summed E-state index contributed by atoms with van der Waals surface area (Å²) < 4.78 is 0. The number of thioether (sulfide) groups is 1. The highest BCUT2D eigenvalue weighted by Crippen LogP contribution is 2.25. The van der Waals surface area contributed by atoms with Gasteiger partial charge in [-0.3, -0.25) is 0 Å². The van der Waals surface area contributed by atoms with Crippen molar-refractivity contribution in [3.05, 3.63) is 0 Å². The van der Waals surface area contributed by atoms with Crippen LogP contribution < -0.4 is 5.32 Å². The number of nitrogens with one attached hydrogen (secondary N) is 1. The van der Waals surface area contributed by atoms with Crippen molar-refractivity contribution in [1.29, 1.82) is 0 Å². The summed E-state index contributed by atoms with van der Waals surface area (Å²) in [5.41, 5.74) is 0. The standard InChI is InChI=1S/C6H13NS.C2H6/c1-5(2)7-6-3-4-8-6;1-2/h5-7H,3-4H2,1-2H3;1-2H3. The smallest absolute Gasteiger partial charge is 0.0541 e. The summed E-state index contributed by atoms with van der Waals surface area (Å²) in [4.78, 5) is 0. The van der Waals surface area contributed by atoms with Crippen LogP contribution in [0, 0.1) is 0 Å². The molecule has 1 N–H and O–H groups in total. The molecule has 0 spiro atoms. The molecule has 1 aliphatic heterocycles. The molecule has 2 heteroatoms. The fourth-order valence-corrected chi connectivity index (χ4v) is 1.58. The van der Waals surface area contributed by atoms with Crippen molar-refractivity contribution < 1.29 is 0 Å². The second-order valence-electron chi connectivity index (χ2n) is 2.47. The van der Waals surface area contributed by atoms with E-state index in [2.05, 4.69) is 19.2 Å². The molecule has 0 aromatic heterocycles. The van der Waals surface area contributed by atoms with E-state index in [1.807, 2.05) is 25.6 Å². The van der Waals surface area contributed by atoms with Crippen molar-refractivity contribution in [1.82, 2.24) is 5.32 Å². The van der Waals surface area contributed by atoms with Crippen LogP contribution in [0.2, 0.25) is 0 Å². The van der Waals surface area contributed by atoms with Crippen molar-refractivity contribution >= 4 is 11.8 Å². The first kappa shape index (κ1) is 10.3. The molecular weight excluding hydrogens is 142 g/mol. The van der Waals surface area contributed by atoms with Crippen molar-refractivity contribution in [2.75, 3.05) is 5.75 Å². The van der Waals surface area contributed by atoms with Crippen molar-refractivity contribution in [2.24, 2.45) is 0 Å². The molecule has 1 atom stereocenters. The SMILES string of the molecule is CC.CC(C)NC1CCS1. The molecular formula is C8H19NS. The van der Waals surface area contributed by atoms with Crippen LogP contribution in [0.4, 0.5) is 0 Å². The first-order chi connectivity index (χ1) is 4.79. The molecule has 0 aliphatic carbocycles. The zero-order chi connectivity index (χ0) is 7.98. The van der Waals surface area contributed by atoms with Gasteiger partial charge in [-0.1, -0.05) is 13.8 Å². The zero-order valence-corrected chi connectivity index (χ0v) is 8.29. The lowest BCUT2D eigenvalue weighted by molar-refractivity contribution is 0.538. The van der Waals surface area contributed by atoms with Crippen LogP contribution in [-0.4, -0.2) is 17.2 Å². The molecule has 0 aromatic rings. The van der Waals surface area contributed by atoms with Crippen LogP contribution in [0.5, 0.6) is 0 Å². The Morgan fingerprint density at radius 2 is 1.90 bits per heavy atom. The third kappa shape index (κ3) is 4.18. The van der Waals surface area contributed by atoms with Gasteiger partial charge in [-0.15, -0.1) is 11.8 Å². The van der Waals surface area contributed by atoms with Gasteiger partial charge < -0.3 is 5.32 Å². The second-order valence-corrected chi connectivity index (χ2v) is 3.78. The van der Waals surface area contributed by atoms with Gasteiger partial charge >= 0.3 is 0 Å². The third-order valence-electron chi connectivity index (χ3n) is 1.22. The summed E-state index contributed by atoms with van der Waals surface area (Å²) in [5.74, 6) is 1.35. The highest BCUT2D eigenvalue weighted by molar-refractivity contribution is 8.01. The zero-order valence-electron chi connectivity index (χ0n) is 7.48. The summed E-state index contributed by atoms with van der Waals surface area (Å²) in [6.07, 6.45) is 1.36. The normalized spacial score (nSPS) is 23.1. The Kier molecular flexibility index (Phi) is 6.24. The predicted molar refractivity (Wildman–Crippen MR) is 50.5 cm³/mol. The fraction of sp³-hybridized carbons (Fsp3) is 1.00. The number of rotatable bonds is 2. The minimum atomic E-state index is 0.660. The lowest BCUT2D eigenvalue weighted by atomic mass is 10.3. The fourth-order valence-electron chi connectivity index (χ4n) is 0.739. The van der Waals surface area contributed by atoms with Crippen LogP contribution in [0.1, 0.15) is 34.1 Å². The maximum absolute atomic E-state index is 3.44. The highest BCUT2D eigenvalue weighted by atomic mass is 32.2. The van der Waals surface area contributed by atoms with Gasteiger partial charge in [-0.05, 0) is 26.0 Å². The summed E-state index contributed by atoms with van der Waals surface area (Å²) >= 11 is 2.02. The minimum absolute atomic E-state index is 0.660. The molecule has 62 valence electrons. The maximum Gasteiger partial charge on any atom is 0.0541 e. The molecule has 0 aromatic carbocycles. The molecule has 0 saturated carbocycles. The van der Waals surface area contributed by atoms with Gasteiger partial charge in [0.15, 0.2) is 0 Å². The molecule has 1 heterocycles. The van der Waals surface area contributed by atoms with Gasteiger partial charge in [0.2, 0.25) is 0 Å². The Hall–Kier alpha value is 0.310. The van der Waals surface area contributed by atoms with E-state index in [1.165, 1.54) is 12.2 Å². The van der Waals surface area contributed by atoms with Gasteiger partial charge in [0.1, 0.15) is 0 Å². The Bertz CT molecular complexity index is 69.7. The first-order valence-electron chi connectivity index (χ1n) is 4.16. The van der Waals surface area contributed by atoms with Gasteiger partial charge in [-0.2, -0.15) is 0 Å². The van der Waals surface area contributed by atoms with E-state index in [9.17, 15) is 0 Å². The van der Waals surface area contributed by atoms with E-state index in [4.69, 9.17) is 0 Å². The Labute approximate surface area is 69.0 Å². The minimum Gasteiger partial charge on any atom is -0.303 e. The Morgan fingerprint density at radius 3 is 2.00 bits per heavy atom. The van der Waals surface area contributed by atoms with E-state index < -0.39 is 0 Å². The van der Waals surface area contributed by atoms with E-state index in [1.54, 1.807) is 0 Å². The summed E-state index contributed by atoms with van der Waals surface area (Å²) in [5, 5.41) is 4.22. The van der Waals surface area contributed by atoms with Crippen molar-refractivity contribution in [3.63, 3.8) is 0 Å². The molecule has 0 radical (unpaired) electrons. The summed E-state index contributed by atoms with van der Waals surface area (Å²) in [7, 11) is 0. The average molecular weight is 161 g/mol. The molecule has 1 nitrogen and oxygen atoms in total. The summed E-state index contributed by atoms with van der Waals surface area (Å²) in [6, 6.07) is 0.660. The largest absolute Gasteiger partial charge is 0.303 e. The summed E-state index contributed by atoms with van der Waals surface area (Å²) in [6.45, 7) is 8.39. The van der Waals surface area contributed by atoms with Crippen LogP contribution in [0.15, 0.2) is 0 Å². The van der Waals surface area contributed by atoms with Gasteiger partial charge in [-0.25, -0.2) is 0 Å². The van der Waals surface area contributed by atoms with Gasteiger partial charge in [0.25, 0.3) is 0 Å². The third-order valence-corrected chi connectivity index (χ3v) is 2.46. The van der Waals surface area contributed by atoms with Crippen LogP contribution in [0.3, 0.4) is 0 Å². The predicted octanol–water partition coefficient (Wildman–Crippen LogP) is 2.47. The van der Waals surface area contributed by atoms with Crippen molar-refractivity contribution in [3.8, 4) is 0 Å². The molecule has 1 unspecified atom stereocenters. The van der Waals surface area contributed by atoms with Crippen LogP contribution in [0.25, 0.3) is 0 Å². The van der Waals surface area contributed by atoms with E-state index in [0.717, 1.165) is 5.37 Å². The first-order valence-corrected chi connectivity index (χ1v) is 5.21. The van der Waals surface area contributed by atoms with E-state index in [-0.39, 0.29) is 0 Å². The number of hydrogen-bond acceptors (Lipinski definition) is 2. The van der Waals surface area contributed by atoms with Crippen molar-refractivity contribution in [2.45, 2.75) is 45.5 Å². The Morgan fingerprint density at radius 1 is 1.40 bits per heavy atom.